The van der Waals surface area contributed by atoms with Gasteiger partial charge in [0.2, 0.25) is 0 Å². The molecule has 1 unspecified atom stereocenters. The van der Waals surface area contributed by atoms with E-state index in [4.69, 9.17) is 14.5 Å². The molecule has 0 radical (unpaired) electrons. The van der Waals surface area contributed by atoms with Gasteiger partial charge >= 0.3 is 6.18 Å². The molecule has 2 aliphatic carbocycles. The molecular formula is C27H34F3NO4. The number of aliphatic hydroxyl groups is 2. The zero-order valence-electron chi connectivity index (χ0n) is 20.7. The van der Waals surface area contributed by atoms with Gasteiger partial charge in [0, 0.05) is 48.8 Å². The lowest BCUT2D eigenvalue weighted by molar-refractivity contribution is -0.142. The third kappa shape index (κ3) is 3.97. The van der Waals surface area contributed by atoms with Gasteiger partial charge in [-0.2, -0.15) is 13.2 Å². The summed E-state index contributed by atoms with van der Waals surface area (Å²) in [4.78, 5) is 4.95. The van der Waals surface area contributed by atoms with Crippen molar-refractivity contribution in [1.82, 2.24) is 4.98 Å². The van der Waals surface area contributed by atoms with E-state index in [-0.39, 0.29) is 18.3 Å². The third-order valence-electron chi connectivity index (χ3n) is 8.17. The molecule has 0 aromatic carbocycles. The minimum Gasteiger partial charge on any atom is -0.388 e. The van der Waals surface area contributed by atoms with Crippen LogP contribution >= 0.6 is 0 Å². The first kappa shape index (κ1) is 24.9. The Labute approximate surface area is 204 Å². The number of hydrogen-bond acceptors (Lipinski definition) is 5. The largest absolute Gasteiger partial charge is 0.416 e. The number of aromatic nitrogens is 1. The lowest BCUT2D eigenvalue weighted by Gasteiger charge is -2.42. The fourth-order valence-corrected chi connectivity index (χ4v) is 6.30. The van der Waals surface area contributed by atoms with Gasteiger partial charge in [-0.15, -0.1) is 0 Å². The number of nitrogens with zero attached hydrogens (tertiary/aromatic N) is 1. The van der Waals surface area contributed by atoms with Gasteiger partial charge in [-0.05, 0) is 29.7 Å². The second-order valence-corrected chi connectivity index (χ2v) is 11.4. The molecule has 4 atom stereocenters. The van der Waals surface area contributed by atoms with E-state index >= 15 is 0 Å². The van der Waals surface area contributed by atoms with E-state index in [0.29, 0.717) is 43.7 Å². The van der Waals surface area contributed by atoms with Crippen LogP contribution in [0.3, 0.4) is 0 Å². The van der Waals surface area contributed by atoms with Crippen molar-refractivity contribution >= 4 is 0 Å². The zero-order valence-corrected chi connectivity index (χ0v) is 20.7. The number of ether oxygens (including phenoxy) is 2. The van der Waals surface area contributed by atoms with Crippen LogP contribution in [0.1, 0.15) is 106 Å². The highest BCUT2D eigenvalue weighted by Gasteiger charge is 2.54. The van der Waals surface area contributed by atoms with Gasteiger partial charge < -0.3 is 19.7 Å². The Morgan fingerprint density at radius 2 is 1.80 bits per heavy atom. The quantitative estimate of drug-likeness (QED) is 0.541. The monoisotopic (exact) mass is 493 g/mol. The lowest BCUT2D eigenvalue weighted by atomic mass is 9.68. The third-order valence-corrected chi connectivity index (χ3v) is 8.17. The van der Waals surface area contributed by atoms with E-state index in [1.165, 1.54) is 6.08 Å². The molecule has 0 saturated carbocycles. The average molecular weight is 494 g/mol. The van der Waals surface area contributed by atoms with E-state index in [1.807, 2.05) is 27.7 Å². The van der Waals surface area contributed by atoms with Crippen LogP contribution in [0.25, 0.3) is 0 Å². The number of fused-ring (bicyclic) bond motifs is 4. The Bertz CT molecular complexity index is 1070. The summed E-state index contributed by atoms with van der Waals surface area (Å²) in [6.45, 7) is 8.88. The van der Waals surface area contributed by atoms with Gasteiger partial charge in [0.15, 0.2) is 0 Å². The SMILES string of the molecule is CC(C)c1nc2c(c3c1[C@@H](C1C=CC(C(F)(F)F)=CC1)OC31CCOCC1)[C@@H](O)CC(C)(C)[C@H]2O. The Kier molecular flexibility index (Phi) is 5.98. The molecule has 2 N–H and O–H groups in total. The summed E-state index contributed by atoms with van der Waals surface area (Å²) in [7, 11) is 0. The van der Waals surface area contributed by atoms with Gasteiger partial charge in [0.05, 0.1) is 29.1 Å². The highest BCUT2D eigenvalue weighted by atomic mass is 19.4. The summed E-state index contributed by atoms with van der Waals surface area (Å²) in [6.07, 6.45) is -0.782. The highest BCUT2D eigenvalue weighted by Crippen LogP contribution is 2.60. The number of pyridine rings is 1. The maximum absolute atomic E-state index is 13.2. The van der Waals surface area contributed by atoms with Crippen LogP contribution < -0.4 is 0 Å². The molecule has 35 heavy (non-hydrogen) atoms. The molecule has 0 bridgehead atoms. The Morgan fingerprint density at radius 1 is 1.11 bits per heavy atom. The Hall–Kier alpha value is -1.74. The summed E-state index contributed by atoms with van der Waals surface area (Å²) in [5, 5.41) is 22.6. The first-order chi connectivity index (χ1) is 16.4. The molecule has 192 valence electrons. The van der Waals surface area contributed by atoms with Crippen molar-refractivity contribution < 1.29 is 32.9 Å². The van der Waals surface area contributed by atoms with Gasteiger partial charge in [-0.25, -0.2) is 0 Å². The van der Waals surface area contributed by atoms with Crippen molar-refractivity contribution in [3.63, 3.8) is 0 Å². The van der Waals surface area contributed by atoms with Crippen LogP contribution in [0.2, 0.25) is 0 Å². The maximum Gasteiger partial charge on any atom is 0.416 e. The first-order valence-electron chi connectivity index (χ1n) is 12.5. The minimum atomic E-state index is -4.38. The number of halogens is 3. The van der Waals surface area contributed by atoms with E-state index in [9.17, 15) is 23.4 Å². The van der Waals surface area contributed by atoms with Crippen LogP contribution in [0.4, 0.5) is 13.2 Å². The summed E-state index contributed by atoms with van der Waals surface area (Å²) >= 11 is 0. The van der Waals surface area contributed by atoms with Crippen molar-refractivity contribution in [3.8, 4) is 0 Å². The molecule has 8 heteroatoms. The minimum absolute atomic E-state index is 0.00151. The Balaban J connectivity index is 1.70. The summed E-state index contributed by atoms with van der Waals surface area (Å²) in [6, 6.07) is 0. The first-order valence-corrected chi connectivity index (χ1v) is 12.5. The van der Waals surface area contributed by atoms with Crippen molar-refractivity contribution in [2.24, 2.45) is 11.3 Å². The molecule has 1 spiro atoms. The predicted molar refractivity (Wildman–Crippen MR) is 124 cm³/mol. The van der Waals surface area contributed by atoms with Gasteiger partial charge in [-0.1, -0.05) is 45.9 Å². The fourth-order valence-electron chi connectivity index (χ4n) is 6.30. The number of aliphatic hydroxyl groups excluding tert-OH is 2. The fraction of sp³-hybridized carbons (Fsp3) is 0.667. The van der Waals surface area contributed by atoms with Gasteiger partial charge in [-0.3, -0.25) is 4.98 Å². The van der Waals surface area contributed by atoms with Crippen molar-refractivity contribution in [3.05, 3.63) is 51.9 Å². The lowest BCUT2D eigenvalue weighted by Crippen LogP contribution is -2.38. The molecule has 5 nitrogen and oxygen atoms in total. The second-order valence-electron chi connectivity index (χ2n) is 11.4. The van der Waals surface area contributed by atoms with Crippen molar-refractivity contribution in [2.75, 3.05) is 13.2 Å². The molecule has 5 rings (SSSR count). The van der Waals surface area contributed by atoms with Crippen molar-refractivity contribution in [2.45, 2.75) is 89.4 Å². The molecule has 3 heterocycles. The molecule has 0 amide bonds. The molecule has 1 aromatic heterocycles. The van der Waals surface area contributed by atoms with Crippen molar-refractivity contribution in [1.29, 1.82) is 0 Å². The van der Waals surface area contributed by atoms with Gasteiger partial charge in [0.25, 0.3) is 0 Å². The van der Waals surface area contributed by atoms with Crippen LogP contribution in [-0.4, -0.2) is 34.6 Å². The average Bonchev–Trinajstić information content (AvgIpc) is 3.10. The van der Waals surface area contributed by atoms with Crippen LogP contribution in [0.5, 0.6) is 0 Å². The molecule has 1 saturated heterocycles. The van der Waals surface area contributed by atoms with Crippen LogP contribution in [0, 0.1) is 11.3 Å². The number of rotatable bonds is 2. The molecule has 4 aliphatic rings. The molecule has 1 fully saturated rings. The predicted octanol–water partition coefficient (Wildman–Crippen LogP) is 5.84. The zero-order chi connectivity index (χ0) is 25.3. The normalized spacial score (nSPS) is 31.4. The number of alkyl halides is 3. The Morgan fingerprint density at radius 3 is 2.37 bits per heavy atom. The topological polar surface area (TPSA) is 71.8 Å². The smallest absolute Gasteiger partial charge is 0.388 e. The maximum atomic E-state index is 13.2. The summed E-state index contributed by atoms with van der Waals surface area (Å²) < 4.78 is 52.2. The molecular weight excluding hydrogens is 459 g/mol. The van der Waals surface area contributed by atoms with Gasteiger partial charge in [0.1, 0.15) is 6.10 Å². The van der Waals surface area contributed by atoms with E-state index in [0.717, 1.165) is 22.9 Å². The van der Waals surface area contributed by atoms with E-state index in [2.05, 4.69) is 0 Å². The molecule has 2 aliphatic heterocycles. The summed E-state index contributed by atoms with van der Waals surface area (Å²) in [5.41, 5.74) is 1.80. The highest BCUT2D eigenvalue weighted by molar-refractivity contribution is 5.53. The van der Waals surface area contributed by atoms with Crippen LogP contribution in [0.15, 0.2) is 23.8 Å². The van der Waals surface area contributed by atoms with Crippen LogP contribution in [-0.2, 0) is 15.1 Å². The number of allylic oxidation sites excluding steroid dienone is 3. The summed E-state index contributed by atoms with van der Waals surface area (Å²) in [5.74, 6) is -0.292. The van der Waals surface area contributed by atoms with E-state index in [1.54, 1.807) is 6.08 Å². The molecule has 1 aromatic rings. The van der Waals surface area contributed by atoms with E-state index < -0.39 is 41.1 Å². The standard InChI is InChI=1S/C27H34F3NO4/c1-14(2)21-19-20(18-17(32)13-25(3,4)24(33)22(18)31-21)26(9-11-34-12-10-26)35-23(19)15-5-7-16(8-6-15)27(28,29)30/h5,7-8,14-15,17,23-24,32-33H,6,9-13H2,1-4H3/t15?,17-,23+,24-/m0/s1. The number of hydrogen-bond donors (Lipinski definition) is 2. The second kappa shape index (κ2) is 8.40.